The SMILES string of the molecule is COc1ccc(Cl)cc1N(CC(=O)Nc1c(C)cc(C)cc1C)C(C)=O. The lowest BCUT2D eigenvalue weighted by Crippen LogP contribution is -2.37. The van der Waals surface area contributed by atoms with E-state index in [-0.39, 0.29) is 18.4 Å². The summed E-state index contributed by atoms with van der Waals surface area (Å²) in [7, 11) is 1.50. The largest absolute Gasteiger partial charge is 0.495 e. The first-order valence-electron chi connectivity index (χ1n) is 8.22. The van der Waals surface area contributed by atoms with E-state index in [1.807, 2.05) is 32.9 Å². The Morgan fingerprint density at radius 3 is 2.27 bits per heavy atom. The van der Waals surface area contributed by atoms with Gasteiger partial charge in [-0.25, -0.2) is 0 Å². The molecule has 0 saturated carbocycles. The number of methoxy groups -OCH3 is 1. The van der Waals surface area contributed by atoms with E-state index in [4.69, 9.17) is 16.3 Å². The summed E-state index contributed by atoms with van der Waals surface area (Å²) in [5.74, 6) is -0.101. The Hall–Kier alpha value is -2.53. The summed E-state index contributed by atoms with van der Waals surface area (Å²) in [4.78, 5) is 26.1. The van der Waals surface area contributed by atoms with Gasteiger partial charge in [0, 0.05) is 17.6 Å². The molecule has 0 saturated heterocycles. The number of hydrogen-bond donors (Lipinski definition) is 1. The van der Waals surface area contributed by atoms with Crippen LogP contribution in [-0.2, 0) is 9.59 Å². The zero-order chi connectivity index (χ0) is 19.4. The molecule has 0 aliphatic heterocycles. The molecule has 0 spiro atoms. The van der Waals surface area contributed by atoms with Gasteiger partial charge in [-0.05, 0) is 50.1 Å². The normalized spacial score (nSPS) is 10.4. The van der Waals surface area contributed by atoms with Crippen molar-refractivity contribution in [2.45, 2.75) is 27.7 Å². The second-order valence-electron chi connectivity index (χ2n) is 6.24. The molecule has 0 fully saturated rings. The van der Waals surface area contributed by atoms with Crippen LogP contribution in [0.1, 0.15) is 23.6 Å². The Morgan fingerprint density at radius 2 is 1.73 bits per heavy atom. The zero-order valence-corrected chi connectivity index (χ0v) is 16.4. The van der Waals surface area contributed by atoms with Crippen molar-refractivity contribution in [1.82, 2.24) is 0 Å². The summed E-state index contributed by atoms with van der Waals surface area (Å²) in [5, 5.41) is 3.36. The van der Waals surface area contributed by atoms with E-state index in [1.54, 1.807) is 18.2 Å². The quantitative estimate of drug-likeness (QED) is 0.850. The number of halogens is 1. The molecule has 2 aromatic carbocycles. The molecular weight excluding hydrogens is 352 g/mol. The highest BCUT2D eigenvalue weighted by Crippen LogP contribution is 2.31. The lowest BCUT2D eigenvalue weighted by atomic mass is 10.1. The second-order valence-corrected chi connectivity index (χ2v) is 6.68. The third-order valence-electron chi connectivity index (χ3n) is 4.05. The Bertz CT molecular complexity index is 826. The zero-order valence-electron chi connectivity index (χ0n) is 15.6. The summed E-state index contributed by atoms with van der Waals surface area (Å²) in [6.45, 7) is 7.15. The molecule has 5 nitrogen and oxygen atoms in total. The van der Waals surface area contributed by atoms with Gasteiger partial charge in [0.05, 0.1) is 12.8 Å². The van der Waals surface area contributed by atoms with Crippen molar-refractivity contribution in [3.63, 3.8) is 0 Å². The molecule has 2 amide bonds. The van der Waals surface area contributed by atoms with Gasteiger partial charge in [0.2, 0.25) is 11.8 Å². The number of nitrogens with one attached hydrogen (secondary N) is 1. The second kappa shape index (κ2) is 8.23. The minimum atomic E-state index is -0.294. The summed E-state index contributed by atoms with van der Waals surface area (Å²) < 4.78 is 5.30. The minimum absolute atomic E-state index is 0.140. The monoisotopic (exact) mass is 374 g/mol. The molecule has 6 heteroatoms. The molecule has 0 atom stereocenters. The molecule has 0 heterocycles. The molecule has 26 heavy (non-hydrogen) atoms. The number of carbonyl (C=O) groups excluding carboxylic acids is 2. The molecular formula is C20H23ClN2O3. The summed E-state index contributed by atoms with van der Waals surface area (Å²) in [5.41, 5.74) is 4.31. The maximum absolute atomic E-state index is 12.6. The van der Waals surface area contributed by atoms with Gasteiger partial charge in [0.1, 0.15) is 12.3 Å². The predicted molar refractivity (Wildman–Crippen MR) is 105 cm³/mol. The third kappa shape index (κ3) is 4.55. The molecule has 2 rings (SSSR count). The molecule has 0 bridgehead atoms. The Balaban J connectivity index is 2.28. The topological polar surface area (TPSA) is 58.6 Å². The standard InChI is InChI=1S/C20H23ClN2O3/c1-12-8-13(2)20(14(3)9-12)22-19(25)11-23(15(4)24)17-10-16(21)6-7-18(17)26-5/h6-10H,11H2,1-5H3,(H,22,25). The minimum Gasteiger partial charge on any atom is -0.495 e. The number of amides is 2. The van der Waals surface area contributed by atoms with E-state index < -0.39 is 0 Å². The highest BCUT2D eigenvalue weighted by molar-refractivity contribution is 6.31. The van der Waals surface area contributed by atoms with Gasteiger partial charge in [-0.3, -0.25) is 14.5 Å². The first-order valence-corrected chi connectivity index (χ1v) is 8.60. The number of ether oxygens (including phenoxy) is 1. The molecule has 0 aromatic heterocycles. The summed E-state index contributed by atoms with van der Waals surface area (Å²) in [6, 6.07) is 8.95. The molecule has 0 aliphatic rings. The number of aryl methyl sites for hydroxylation is 3. The lowest BCUT2D eigenvalue weighted by Gasteiger charge is -2.23. The van der Waals surface area contributed by atoms with Gasteiger partial charge < -0.3 is 10.1 Å². The molecule has 138 valence electrons. The van der Waals surface area contributed by atoms with Gasteiger partial charge >= 0.3 is 0 Å². The van der Waals surface area contributed by atoms with Crippen LogP contribution < -0.4 is 15.0 Å². The average Bonchev–Trinajstić information content (AvgIpc) is 2.55. The number of nitrogens with zero attached hydrogens (tertiary/aromatic N) is 1. The highest BCUT2D eigenvalue weighted by atomic mass is 35.5. The Morgan fingerprint density at radius 1 is 1.12 bits per heavy atom. The molecule has 0 radical (unpaired) electrons. The molecule has 0 unspecified atom stereocenters. The molecule has 2 aromatic rings. The fourth-order valence-corrected chi connectivity index (χ4v) is 3.11. The molecule has 1 N–H and O–H groups in total. The van der Waals surface area contributed by atoms with Crippen LogP contribution in [0.5, 0.6) is 5.75 Å². The van der Waals surface area contributed by atoms with E-state index in [1.165, 1.54) is 18.9 Å². The van der Waals surface area contributed by atoms with Crippen LogP contribution in [0.4, 0.5) is 11.4 Å². The third-order valence-corrected chi connectivity index (χ3v) is 4.29. The van der Waals surface area contributed by atoms with Crippen LogP contribution in [0.2, 0.25) is 5.02 Å². The predicted octanol–water partition coefficient (Wildman–Crippen LogP) is 4.27. The van der Waals surface area contributed by atoms with E-state index in [0.717, 1.165) is 22.4 Å². The Labute approximate surface area is 158 Å². The van der Waals surface area contributed by atoms with E-state index in [2.05, 4.69) is 5.32 Å². The van der Waals surface area contributed by atoms with Crippen LogP contribution in [0.15, 0.2) is 30.3 Å². The maximum atomic E-state index is 12.6. The van der Waals surface area contributed by atoms with Crippen LogP contribution in [0, 0.1) is 20.8 Å². The van der Waals surface area contributed by atoms with E-state index in [0.29, 0.717) is 16.5 Å². The van der Waals surface area contributed by atoms with Crippen molar-refractivity contribution in [2.24, 2.45) is 0 Å². The molecule has 0 aliphatic carbocycles. The van der Waals surface area contributed by atoms with E-state index >= 15 is 0 Å². The number of anilines is 2. The van der Waals surface area contributed by atoms with E-state index in [9.17, 15) is 9.59 Å². The summed E-state index contributed by atoms with van der Waals surface area (Å²) >= 11 is 6.05. The summed E-state index contributed by atoms with van der Waals surface area (Å²) in [6.07, 6.45) is 0. The van der Waals surface area contributed by atoms with Crippen LogP contribution >= 0.6 is 11.6 Å². The Kier molecular flexibility index (Phi) is 6.27. The lowest BCUT2D eigenvalue weighted by molar-refractivity contribution is -0.120. The van der Waals surface area contributed by atoms with Gasteiger partial charge in [-0.2, -0.15) is 0 Å². The van der Waals surface area contributed by atoms with Gasteiger partial charge in [-0.1, -0.05) is 29.3 Å². The fourth-order valence-electron chi connectivity index (χ4n) is 2.94. The first kappa shape index (κ1) is 19.8. The van der Waals surface area contributed by atoms with Gasteiger partial charge in [-0.15, -0.1) is 0 Å². The van der Waals surface area contributed by atoms with Crippen molar-refractivity contribution >= 4 is 34.8 Å². The van der Waals surface area contributed by atoms with Crippen LogP contribution in [0.25, 0.3) is 0 Å². The fraction of sp³-hybridized carbons (Fsp3) is 0.300. The van der Waals surface area contributed by atoms with Crippen molar-refractivity contribution < 1.29 is 14.3 Å². The maximum Gasteiger partial charge on any atom is 0.244 e. The number of carbonyl (C=O) groups is 2. The van der Waals surface area contributed by atoms with Gasteiger partial charge in [0.15, 0.2) is 0 Å². The number of benzene rings is 2. The first-order chi connectivity index (χ1) is 12.2. The van der Waals surface area contributed by atoms with Crippen molar-refractivity contribution in [2.75, 3.05) is 23.9 Å². The highest BCUT2D eigenvalue weighted by Gasteiger charge is 2.20. The van der Waals surface area contributed by atoms with Crippen molar-refractivity contribution in [1.29, 1.82) is 0 Å². The van der Waals surface area contributed by atoms with Crippen LogP contribution in [-0.4, -0.2) is 25.5 Å². The van der Waals surface area contributed by atoms with Crippen molar-refractivity contribution in [3.05, 3.63) is 52.0 Å². The van der Waals surface area contributed by atoms with Crippen molar-refractivity contribution in [3.8, 4) is 5.75 Å². The van der Waals surface area contributed by atoms with Crippen LogP contribution in [0.3, 0.4) is 0 Å². The number of rotatable bonds is 5. The number of hydrogen-bond acceptors (Lipinski definition) is 3. The smallest absolute Gasteiger partial charge is 0.244 e. The average molecular weight is 375 g/mol. The van der Waals surface area contributed by atoms with Gasteiger partial charge in [0.25, 0.3) is 0 Å².